The molecule has 0 saturated carbocycles. The maximum absolute atomic E-state index is 12.7. The molecular weight excluding hydrogens is 336 g/mol. The number of nitrogens with one attached hydrogen (secondary N) is 1. The van der Waals surface area contributed by atoms with E-state index in [0.717, 1.165) is 5.56 Å². The molecule has 7 nitrogen and oxygen atoms in total. The highest BCUT2D eigenvalue weighted by Gasteiger charge is 2.19. The number of hydrogen-bond donors (Lipinski definition) is 2. The third-order valence-electron chi connectivity index (χ3n) is 3.50. The average Bonchev–Trinajstić information content (AvgIpc) is 2.64. The van der Waals surface area contributed by atoms with Crippen LogP contribution in [0, 0.1) is 6.92 Å². The first-order chi connectivity index (χ1) is 12.4. The van der Waals surface area contributed by atoms with Gasteiger partial charge in [0.15, 0.2) is 12.4 Å². The minimum atomic E-state index is -0.810. The molecule has 0 bridgehead atoms. The molecule has 2 amide bonds. The Morgan fingerprint density at radius 2 is 1.58 bits per heavy atom. The van der Waals surface area contributed by atoms with Gasteiger partial charge in [0.2, 0.25) is 5.91 Å². The zero-order valence-corrected chi connectivity index (χ0v) is 14.2. The molecular formula is C19H18N2O5. The van der Waals surface area contributed by atoms with Gasteiger partial charge in [0, 0.05) is 11.1 Å². The lowest BCUT2D eigenvalue weighted by molar-refractivity contribution is -0.127. The van der Waals surface area contributed by atoms with Crippen molar-refractivity contribution in [3.63, 3.8) is 0 Å². The second kappa shape index (κ2) is 8.57. The lowest BCUT2D eigenvalue weighted by atomic mass is 9.98. The van der Waals surface area contributed by atoms with E-state index >= 15 is 0 Å². The maximum Gasteiger partial charge on any atom is 0.339 e. The van der Waals surface area contributed by atoms with E-state index in [1.807, 2.05) is 6.92 Å². The molecule has 2 aromatic carbocycles. The summed E-state index contributed by atoms with van der Waals surface area (Å²) < 4.78 is 4.91. The van der Waals surface area contributed by atoms with E-state index in [1.54, 1.807) is 36.4 Å². The smallest absolute Gasteiger partial charge is 0.339 e. The molecule has 134 valence electrons. The molecule has 7 heteroatoms. The van der Waals surface area contributed by atoms with Crippen molar-refractivity contribution >= 4 is 23.6 Å². The van der Waals surface area contributed by atoms with Crippen molar-refractivity contribution in [2.75, 3.05) is 13.2 Å². The van der Waals surface area contributed by atoms with Crippen LogP contribution in [0.1, 0.15) is 31.8 Å². The average molecular weight is 354 g/mol. The summed E-state index contributed by atoms with van der Waals surface area (Å²) in [7, 11) is 0. The number of carbonyl (C=O) groups excluding carboxylic acids is 4. The molecule has 0 fully saturated rings. The van der Waals surface area contributed by atoms with Gasteiger partial charge in [-0.2, -0.15) is 0 Å². The van der Waals surface area contributed by atoms with E-state index in [9.17, 15) is 19.2 Å². The minimum absolute atomic E-state index is 0.0563. The Morgan fingerprint density at radius 1 is 0.962 bits per heavy atom. The van der Waals surface area contributed by atoms with Crippen molar-refractivity contribution in [1.29, 1.82) is 0 Å². The van der Waals surface area contributed by atoms with Gasteiger partial charge in [-0.15, -0.1) is 0 Å². The lowest BCUT2D eigenvalue weighted by Crippen LogP contribution is -2.36. The number of ether oxygens (including phenoxy) is 1. The summed E-state index contributed by atoms with van der Waals surface area (Å²) in [5.41, 5.74) is 6.59. The SMILES string of the molecule is Cc1ccc(C(=O)c2ccccc2C(=O)OCC(=O)NCC(N)=O)cc1. The largest absolute Gasteiger partial charge is 0.452 e. The van der Waals surface area contributed by atoms with Gasteiger partial charge < -0.3 is 15.8 Å². The van der Waals surface area contributed by atoms with E-state index in [4.69, 9.17) is 10.5 Å². The maximum atomic E-state index is 12.7. The van der Waals surface area contributed by atoms with Crippen molar-refractivity contribution in [3.8, 4) is 0 Å². The molecule has 3 N–H and O–H groups in total. The second-order valence-electron chi connectivity index (χ2n) is 5.56. The van der Waals surface area contributed by atoms with Gasteiger partial charge >= 0.3 is 5.97 Å². The zero-order chi connectivity index (χ0) is 19.1. The quantitative estimate of drug-likeness (QED) is 0.568. The highest BCUT2D eigenvalue weighted by Crippen LogP contribution is 2.16. The normalized spacial score (nSPS) is 10.0. The van der Waals surface area contributed by atoms with Crippen LogP contribution < -0.4 is 11.1 Å². The summed E-state index contributed by atoms with van der Waals surface area (Å²) in [5, 5.41) is 2.20. The molecule has 26 heavy (non-hydrogen) atoms. The van der Waals surface area contributed by atoms with Crippen LogP contribution in [0.3, 0.4) is 0 Å². The lowest BCUT2D eigenvalue weighted by Gasteiger charge is -2.09. The van der Waals surface area contributed by atoms with Gasteiger partial charge in [-0.25, -0.2) is 4.79 Å². The summed E-state index contributed by atoms with van der Waals surface area (Å²) in [6, 6.07) is 13.2. The summed E-state index contributed by atoms with van der Waals surface area (Å²) >= 11 is 0. The van der Waals surface area contributed by atoms with Crippen LogP contribution in [0.15, 0.2) is 48.5 Å². The number of hydrogen-bond acceptors (Lipinski definition) is 5. The number of carbonyl (C=O) groups is 4. The summed E-state index contributed by atoms with van der Waals surface area (Å²) in [4.78, 5) is 47.0. The molecule has 0 aliphatic heterocycles. The highest BCUT2D eigenvalue weighted by atomic mass is 16.5. The van der Waals surface area contributed by atoms with Crippen LogP contribution in [0.2, 0.25) is 0 Å². The van der Waals surface area contributed by atoms with Gasteiger partial charge in [0.05, 0.1) is 12.1 Å². The topological polar surface area (TPSA) is 116 Å². The summed E-state index contributed by atoms with van der Waals surface area (Å²) in [6.45, 7) is 0.973. The van der Waals surface area contributed by atoms with Crippen molar-refractivity contribution in [2.45, 2.75) is 6.92 Å². The molecule has 0 heterocycles. The van der Waals surface area contributed by atoms with Crippen LogP contribution in [0.25, 0.3) is 0 Å². The summed E-state index contributed by atoms with van der Waals surface area (Å²) in [6.07, 6.45) is 0. The van der Waals surface area contributed by atoms with Crippen molar-refractivity contribution < 1.29 is 23.9 Å². The third-order valence-corrected chi connectivity index (χ3v) is 3.50. The monoisotopic (exact) mass is 354 g/mol. The van der Waals surface area contributed by atoms with Gasteiger partial charge in [-0.05, 0) is 13.0 Å². The van der Waals surface area contributed by atoms with Crippen LogP contribution in [-0.4, -0.2) is 36.7 Å². The van der Waals surface area contributed by atoms with Crippen LogP contribution in [0.5, 0.6) is 0 Å². The molecule has 0 aliphatic carbocycles. The standard InChI is InChI=1S/C19H18N2O5/c1-12-6-8-13(9-7-12)18(24)14-4-2-3-5-15(14)19(25)26-11-17(23)21-10-16(20)22/h2-9H,10-11H2,1H3,(H2,20,22)(H,21,23). The Morgan fingerprint density at radius 3 is 2.19 bits per heavy atom. The van der Waals surface area contributed by atoms with E-state index in [-0.39, 0.29) is 23.5 Å². The fourth-order valence-electron chi connectivity index (χ4n) is 2.17. The van der Waals surface area contributed by atoms with Gasteiger partial charge in [-0.3, -0.25) is 14.4 Å². The molecule has 0 spiro atoms. The van der Waals surface area contributed by atoms with Gasteiger partial charge in [-0.1, -0.05) is 48.0 Å². The number of rotatable bonds is 7. The zero-order valence-electron chi connectivity index (χ0n) is 14.2. The third kappa shape index (κ3) is 5.01. The van der Waals surface area contributed by atoms with Crippen molar-refractivity contribution in [3.05, 3.63) is 70.8 Å². The van der Waals surface area contributed by atoms with E-state index in [2.05, 4.69) is 5.32 Å². The molecule has 2 rings (SSSR count). The first-order valence-corrected chi connectivity index (χ1v) is 7.81. The number of amides is 2. The molecule has 0 saturated heterocycles. The fourth-order valence-corrected chi connectivity index (χ4v) is 2.17. The Bertz CT molecular complexity index is 843. The minimum Gasteiger partial charge on any atom is -0.452 e. The number of primary amides is 1. The van der Waals surface area contributed by atoms with E-state index < -0.39 is 24.4 Å². The number of aryl methyl sites for hydroxylation is 1. The number of ketones is 1. The first-order valence-electron chi connectivity index (χ1n) is 7.81. The molecule has 2 aromatic rings. The Kier molecular flexibility index (Phi) is 6.21. The Labute approximate surface area is 150 Å². The number of benzene rings is 2. The van der Waals surface area contributed by atoms with Crippen LogP contribution in [-0.2, 0) is 14.3 Å². The van der Waals surface area contributed by atoms with Gasteiger partial charge in [0.1, 0.15) is 0 Å². The van der Waals surface area contributed by atoms with E-state index in [0.29, 0.717) is 5.56 Å². The van der Waals surface area contributed by atoms with Crippen molar-refractivity contribution in [2.24, 2.45) is 5.73 Å². The Hall–Kier alpha value is -3.48. The molecule has 0 atom stereocenters. The number of nitrogens with two attached hydrogens (primary N) is 1. The molecule has 0 radical (unpaired) electrons. The van der Waals surface area contributed by atoms with Crippen LogP contribution >= 0.6 is 0 Å². The fraction of sp³-hybridized carbons (Fsp3) is 0.158. The molecule has 0 aromatic heterocycles. The molecule has 0 unspecified atom stereocenters. The van der Waals surface area contributed by atoms with Gasteiger partial charge in [0.25, 0.3) is 5.91 Å². The Balaban J connectivity index is 2.11. The number of esters is 1. The molecule has 0 aliphatic rings. The van der Waals surface area contributed by atoms with Crippen LogP contribution in [0.4, 0.5) is 0 Å². The summed E-state index contributed by atoms with van der Waals surface area (Å²) in [5.74, 6) is -2.51. The highest BCUT2D eigenvalue weighted by molar-refractivity contribution is 6.14. The van der Waals surface area contributed by atoms with E-state index in [1.165, 1.54) is 12.1 Å². The second-order valence-corrected chi connectivity index (χ2v) is 5.56. The predicted octanol–water partition coefficient (Wildman–Crippen LogP) is 0.984. The predicted molar refractivity (Wildman–Crippen MR) is 93.5 cm³/mol. The first kappa shape index (κ1) is 18.9. The van der Waals surface area contributed by atoms with Crippen molar-refractivity contribution in [1.82, 2.24) is 5.32 Å².